The fraction of sp³-hybridized carbons (Fsp3) is 0.0833. The number of carbonyl (C=O) groups excluding carboxylic acids is 1. The topological polar surface area (TPSA) is 22.0 Å². The van der Waals surface area contributed by atoms with E-state index in [1.54, 1.807) is 0 Å². The third kappa shape index (κ3) is 1.46. The highest BCUT2D eigenvalue weighted by atomic mass is 16.1. The molecule has 0 bridgehead atoms. The van der Waals surface area contributed by atoms with Gasteiger partial charge in [0.15, 0.2) is 6.29 Å². The molecular formula is C12H11NO. The smallest absolute Gasteiger partial charge is 0.152 e. The number of aryl methyl sites for hydroxylation is 1. The molecule has 2 aromatic rings. The number of nitrogens with zero attached hydrogens (tertiary/aromatic N) is 1. The molecule has 2 rings (SSSR count). The lowest BCUT2D eigenvalue weighted by molar-refractivity contribution is 0.112. The van der Waals surface area contributed by atoms with Gasteiger partial charge in [-0.25, -0.2) is 0 Å². The maximum atomic E-state index is 10.8. The van der Waals surface area contributed by atoms with Crippen LogP contribution in [0, 0.1) is 0 Å². The predicted octanol–water partition coefficient (Wildman–Crippen LogP) is 2.50. The van der Waals surface area contributed by atoms with E-state index in [0.717, 1.165) is 23.0 Å². The van der Waals surface area contributed by atoms with E-state index in [2.05, 4.69) is 0 Å². The van der Waals surface area contributed by atoms with Gasteiger partial charge in [-0.15, -0.1) is 0 Å². The van der Waals surface area contributed by atoms with Gasteiger partial charge in [0.05, 0.1) is 0 Å². The first-order valence-electron chi connectivity index (χ1n) is 4.48. The molecule has 1 aromatic carbocycles. The fourth-order valence-electron chi connectivity index (χ4n) is 1.56. The SMILES string of the molecule is Cn1cc(C=O)c(-c2ccccc2)c1. The first kappa shape index (κ1) is 8.75. The summed E-state index contributed by atoms with van der Waals surface area (Å²) in [4.78, 5) is 10.8. The molecule has 0 aliphatic carbocycles. The minimum atomic E-state index is 0.735. The molecule has 0 fully saturated rings. The van der Waals surface area contributed by atoms with E-state index in [1.807, 2.05) is 54.3 Å². The van der Waals surface area contributed by atoms with Crippen LogP contribution in [0.25, 0.3) is 11.1 Å². The average Bonchev–Trinajstić information content (AvgIpc) is 2.61. The Morgan fingerprint density at radius 1 is 1.14 bits per heavy atom. The molecule has 1 heterocycles. The molecule has 0 spiro atoms. The Kier molecular flexibility index (Phi) is 2.19. The van der Waals surface area contributed by atoms with Gasteiger partial charge in [-0.1, -0.05) is 30.3 Å². The number of aldehydes is 1. The predicted molar refractivity (Wildman–Crippen MR) is 56.2 cm³/mol. The van der Waals surface area contributed by atoms with Gasteiger partial charge in [0.25, 0.3) is 0 Å². The zero-order valence-corrected chi connectivity index (χ0v) is 7.97. The molecule has 0 aliphatic rings. The second-order valence-electron chi connectivity index (χ2n) is 3.28. The Bertz CT molecular complexity index is 443. The summed E-state index contributed by atoms with van der Waals surface area (Å²) < 4.78 is 1.89. The van der Waals surface area contributed by atoms with Crippen molar-refractivity contribution in [2.45, 2.75) is 0 Å². The quantitative estimate of drug-likeness (QED) is 0.659. The van der Waals surface area contributed by atoms with Crippen molar-refractivity contribution in [3.8, 4) is 11.1 Å². The Labute approximate surface area is 82.8 Å². The van der Waals surface area contributed by atoms with Crippen molar-refractivity contribution in [2.75, 3.05) is 0 Å². The van der Waals surface area contributed by atoms with Crippen LogP contribution in [-0.4, -0.2) is 10.9 Å². The molecule has 0 saturated carbocycles. The van der Waals surface area contributed by atoms with Gasteiger partial charge in [0.2, 0.25) is 0 Å². The summed E-state index contributed by atoms with van der Waals surface area (Å²) in [6, 6.07) is 9.91. The summed E-state index contributed by atoms with van der Waals surface area (Å²) in [7, 11) is 1.92. The molecule has 1 aromatic heterocycles. The van der Waals surface area contributed by atoms with Crippen LogP contribution in [0.15, 0.2) is 42.7 Å². The number of carbonyl (C=O) groups is 1. The largest absolute Gasteiger partial charge is 0.356 e. The monoisotopic (exact) mass is 185 g/mol. The summed E-state index contributed by atoms with van der Waals surface area (Å²) in [6.07, 6.45) is 4.68. The third-order valence-corrected chi connectivity index (χ3v) is 2.20. The Morgan fingerprint density at radius 3 is 2.50 bits per heavy atom. The summed E-state index contributed by atoms with van der Waals surface area (Å²) in [5, 5.41) is 0. The molecular weight excluding hydrogens is 174 g/mol. The van der Waals surface area contributed by atoms with Crippen molar-refractivity contribution in [1.29, 1.82) is 0 Å². The van der Waals surface area contributed by atoms with Crippen LogP contribution in [0.3, 0.4) is 0 Å². The highest BCUT2D eigenvalue weighted by Gasteiger charge is 2.05. The number of hydrogen-bond donors (Lipinski definition) is 0. The number of aromatic nitrogens is 1. The summed E-state index contributed by atoms with van der Waals surface area (Å²) in [5.74, 6) is 0. The van der Waals surface area contributed by atoms with Crippen molar-refractivity contribution in [3.63, 3.8) is 0 Å². The highest BCUT2D eigenvalue weighted by Crippen LogP contribution is 2.22. The summed E-state index contributed by atoms with van der Waals surface area (Å²) >= 11 is 0. The zero-order chi connectivity index (χ0) is 9.97. The van der Waals surface area contributed by atoms with Gasteiger partial charge in [-0.05, 0) is 5.56 Å². The first-order valence-corrected chi connectivity index (χ1v) is 4.48. The van der Waals surface area contributed by atoms with Crippen molar-refractivity contribution in [2.24, 2.45) is 7.05 Å². The van der Waals surface area contributed by atoms with E-state index >= 15 is 0 Å². The van der Waals surface area contributed by atoms with Crippen LogP contribution < -0.4 is 0 Å². The second kappa shape index (κ2) is 3.50. The third-order valence-electron chi connectivity index (χ3n) is 2.20. The maximum absolute atomic E-state index is 10.8. The lowest BCUT2D eigenvalue weighted by atomic mass is 10.1. The lowest BCUT2D eigenvalue weighted by Crippen LogP contribution is -1.79. The minimum Gasteiger partial charge on any atom is -0.356 e. The summed E-state index contributed by atoms with van der Waals surface area (Å²) in [6.45, 7) is 0. The van der Waals surface area contributed by atoms with Gasteiger partial charge in [0, 0.05) is 30.6 Å². The molecule has 0 saturated heterocycles. The molecule has 2 heteroatoms. The van der Waals surface area contributed by atoms with E-state index in [0.29, 0.717) is 0 Å². The first-order chi connectivity index (χ1) is 6.81. The normalized spacial score (nSPS) is 10.1. The molecule has 70 valence electrons. The van der Waals surface area contributed by atoms with Gasteiger partial charge in [0.1, 0.15) is 0 Å². The number of benzene rings is 1. The van der Waals surface area contributed by atoms with Crippen molar-refractivity contribution < 1.29 is 4.79 Å². The Hall–Kier alpha value is -1.83. The van der Waals surface area contributed by atoms with Gasteiger partial charge in [-0.3, -0.25) is 4.79 Å². The van der Waals surface area contributed by atoms with E-state index in [1.165, 1.54) is 0 Å². The molecule has 0 aliphatic heterocycles. The lowest BCUT2D eigenvalue weighted by Gasteiger charge is -1.97. The van der Waals surface area contributed by atoms with Crippen LogP contribution in [0.2, 0.25) is 0 Å². The van der Waals surface area contributed by atoms with Crippen molar-refractivity contribution in [1.82, 2.24) is 4.57 Å². The molecule has 0 radical (unpaired) electrons. The average molecular weight is 185 g/mol. The Balaban J connectivity index is 2.56. The standard InChI is InChI=1S/C12H11NO/c1-13-7-11(9-14)12(8-13)10-5-3-2-4-6-10/h2-9H,1H3. The van der Waals surface area contributed by atoms with Crippen LogP contribution in [0.4, 0.5) is 0 Å². The van der Waals surface area contributed by atoms with E-state index in [4.69, 9.17) is 0 Å². The van der Waals surface area contributed by atoms with Crippen LogP contribution in [0.1, 0.15) is 10.4 Å². The maximum Gasteiger partial charge on any atom is 0.152 e. The van der Waals surface area contributed by atoms with E-state index in [9.17, 15) is 4.79 Å². The van der Waals surface area contributed by atoms with Crippen LogP contribution in [-0.2, 0) is 7.05 Å². The van der Waals surface area contributed by atoms with E-state index in [-0.39, 0.29) is 0 Å². The molecule has 0 atom stereocenters. The highest BCUT2D eigenvalue weighted by molar-refractivity contribution is 5.87. The van der Waals surface area contributed by atoms with Gasteiger partial charge < -0.3 is 4.57 Å². The van der Waals surface area contributed by atoms with E-state index < -0.39 is 0 Å². The molecule has 0 unspecified atom stereocenters. The van der Waals surface area contributed by atoms with Gasteiger partial charge in [-0.2, -0.15) is 0 Å². The number of rotatable bonds is 2. The van der Waals surface area contributed by atoms with Crippen molar-refractivity contribution >= 4 is 6.29 Å². The van der Waals surface area contributed by atoms with Crippen molar-refractivity contribution in [3.05, 3.63) is 48.3 Å². The fourth-order valence-corrected chi connectivity index (χ4v) is 1.56. The molecule has 0 amide bonds. The zero-order valence-electron chi connectivity index (χ0n) is 7.97. The number of hydrogen-bond acceptors (Lipinski definition) is 1. The molecule has 2 nitrogen and oxygen atoms in total. The second-order valence-corrected chi connectivity index (χ2v) is 3.28. The van der Waals surface area contributed by atoms with Crippen LogP contribution in [0.5, 0.6) is 0 Å². The Morgan fingerprint density at radius 2 is 1.86 bits per heavy atom. The summed E-state index contributed by atoms with van der Waals surface area (Å²) in [5.41, 5.74) is 2.80. The van der Waals surface area contributed by atoms with Crippen LogP contribution >= 0.6 is 0 Å². The minimum absolute atomic E-state index is 0.735. The molecule has 14 heavy (non-hydrogen) atoms. The molecule has 0 N–H and O–H groups in total. The van der Waals surface area contributed by atoms with Gasteiger partial charge >= 0.3 is 0 Å².